The molecule has 0 saturated carbocycles. The molecule has 0 unspecified atom stereocenters. The van der Waals surface area contributed by atoms with Gasteiger partial charge in [-0.2, -0.15) is 11.3 Å². The molecule has 0 aromatic carbocycles. The normalized spacial score (nSPS) is 7.00. The second-order valence-electron chi connectivity index (χ2n) is 1.49. The quantitative estimate of drug-likeness (QED) is 0.590. The molecule has 0 bridgehead atoms. The largest absolute Gasteiger partial charge is 0.152 e. The lowest BCUT2D eigenvalue weighted by atomic mass is 10.3. The fourth-order valence-electron chi connectivity index (χ4n) is 0.494. The summed E-state index contributed by atoms with van der Waals surface area (Å²) in [5, 5.41) is 4.29. The van der Waals surface area contributed by atoms with E-state index in [2.05, 4.69) is 23.8 Å². The molecule has 0 amide bonds. The molecule has 1 aromatic rings. The van der Waals surface area contributed by atoms with Crippen LogP contribution >= 0.6 is 11.3 Å². The van der Waals surface area contributed by atoms with E-state index in [9.17, 15) is 0 Å². The van der Waals surface area contributed by atoms with Crippen molar-refractivity contribution in [3.63, 3.8) is 0 Å². The van der Waals surface area contributed by atoms with Crippen molar-refractivity contribution in [1.82, 2.24) is 0 Å². The zero-order chi connectivity index (χ0) is 9.11. The van der Waals surface area contributed by atoms with Gasteiger partial charge in [0.25, 0.3) is 0 Å². The van der Waals surface area contributed by atoms with E-state index in [0.717, 1.165) is 0 Å². The van der Waals surface area contributed by atoms with Gasteiger partial charge in [0.05, 0.1) is 0 Å². The first kappa shape index (κ1) is 13.3. The Bertz CT molecular complexity index is 119. The summed E-state index contributed by atoms with van der Waals surface area (Å²) >= 11 is 1.76. The summed E-state index contributed by atoms with van der Waals surface area (Å²) < 4.78 is 0. The maximum atomic E-state index is 2.18. The number of rotatable bonds is 1. The van der Waals surface area contributed by atoms with Gasteiger partial charge in [0, 0.05) is 0 Å². The molecule has 0 radical (unpaired) electrons. The molecule has 0 atom stereocenters. The van der Waals surface area contributed by atoms with Crippen LogP contribution in [0.15, 0.2) is 16.8 Å². The Balaban J connectivity index is 0. The van der Waals surface area contributed by atoms with Crippen molar-refractivity contribution < 1.29 is 0 Å². The third kappa shape index (κ3) is 7.60. The van der Waals surface area contributed by atoms with Crippen LogP contribution in [0.2, 0.25) is 0 Å². The highest BCUT2D eigenvalue weighted by Gasteiger charge is 1.82. The van der Waals surface area contributed by atoms with Gasteiger partial charge < -0.3 is 0 Å². The van der Waals surface area contributed by atoms with Gasteiger partial charge in [-0.15, -0.1) is 0 Å². The molecule has 1 aromatic heterocycles. The standard InChI is InChI=1S/C6H8S.2C2H6/c1-2-6-3-4-7-5-6;2*1-2/h3-5H,2H2,1H3;2*1-2H3. The van der Waals surface area contributed by atoms with Gasteiger partial charge in [0.1, 0.15) is 0 Å². The highest BCUT2D eigenvalue weighted by atomic mass is 32.1. The molecule has 1 heteroatoms. The molecule has 0 fully saturated rings. The lowest BCUT2D eigenvalue weighted by molar-refractivity contribution is 1.16. The smallest absolute Gasteiger partial charge is 0.00614 e. The summed E-state index contributed by atoms with van der Waals surface area (Å²) in [7, 11) is 0. The van der Waals surface area contributed by atoms with Crippen LogP contribution in [0.1, 0.15) is 40.2 Å². The van der Waals surface area contributed by atoms with Gasteiger partial charge in [-0.05, 0) is 28.8 Å². The van der Waals surface area contributed by atoms with Gasteiger partial charge >= 0.3 is 0 Å². The molecule has 11 heavy (non-hydrogen) atoms. The van der Waals surface area contributed by atoms with Crippen LogP contribution in [-0.4, -0.2) is 0 Å². The van der Waals surface area contributed by atoms with Crippen LogP contribution in [0.4, 0.5) is 0 Å². The first-order valence-electron chi connectivity index (χ1n) is 4.44. The number of hydrogen-bond acceptors (Lipinski definition) is 1. The summed E-state index contributed by atoms with van der Waals surface area (Å²) in [5.74, 6) is 0. The molecule has 0 spiro atoms. The minimum atomic E-state index is 1.17. The van der Waals surface area contributed by atoms with Crippen molar-refractivity contribution in [1.29, 1.82) is 0 Å². The third-order valence-electron chi connectivity index (χ3n) is 0.988. The lowest BCUT2D eigenvalue weighted by Gasteiger charge is -1.78. The Morgan fingerprint density at radius 3 is 1.91 bits per heavy atom. The highest BCUT2D eigenvalue weighted by molar-refractivity contribution is 7.07. The van der Waals surface area contributed by atoms with E-state index in [1.165, 1.54) is 12.0 Å². The summed E-state index contributed by atoms with van der Waals surface area (Å²) in [5.41, 5.74) is 1.45. The first-order chi connectivity index (χ1) is 5.43. The van der Waals surface area contributed by atoms with Crippen LogP contribution in [0, 0.1) is 0 Å². The number of aryl methyl sites for hydroxylation is 1. The van der Waals surface area contributed by atoms with Crippen LogP contribution < -0.4 is 0 Å². The molecule has 0 aliphatic rings. The molecule has 1 rings (SSSR count). The van der Waals surface area contributed by atoms with Crippen LogP contribution in [0.3, 0.4) is 0 Å². The second-order valence-corrected chi connectivity index (χ2v) is 2.27. The van der Waals surface area contributed by atoms with Gasteiger partial charge in [0.2, 0.25) is 0 Å². The van der Waals surface area contributed by atoms with Crippen molar-refractivity contribution in [3.8, 4) is 0 Å². The Morgan fingerprint density at radius 2 is 1.73 bits per heavy atom. The minimum Gasteiger partial charge on any atom is -0.152 e. The third-order valence-corrected chi connectivity index (χ3v) is 1.72. The molecular weight excluding hydrogens is 152 g/mol. The summed E-state index contributed by atoms with van der Waals surface area (Å²) in [4.78, 5) is 0. The summed E-state index contributed by atoms with van der Waals surface area (Å²) in [6.45, 7) is 10.2. The Labute approximate surface area is 75.3 Å². The van der Waals surface area contributed by atoms with Crippen molar-refractivity contribution in [2.24, 2.45) is 0 Å². The number of thiophene rings is 1. The first-order valence-corrected chi connectivity index (χ1v) is 5.39. The average Bonchev–Trinajstić information content (AvgIpc) is 2.63. The molecular formula is C10H20S. The fraction of sp³-hybridized carbons (Fsp3) is 0.600. The molecule has 0 N–H and O–H groups in total. The summed E-state index contributed by atoms with van der Waals surface area (Å²) in [6, 6.07) is 2.16. The molecule has 0 saturated heterocycles. The minimum absolute atomic E-state index is 1.17. The zero-order valence-electron chi connectivity index (χ0n) is 8.35. The Hall–Kier alpha value is -0.300. The Kier molecular flexibility index (Phi) is 15.0. The predicted octanol–water partition coefficient (Wildman–Crippen LogP) is 4.36. The molecule has 0 aliphatic carbocycles. The molecule has 1 heterocycles. The van der Waals surface area contributed by atoms with Crippen LogP contribution in [0.5, 0.6) is 0 Å². The van der Waals surface area contributed by atoms with E-state index < -0.39 is 0 Å². The Morgan fingerprint density at radius 1 is 1.18 bits per heavy atom. The maximum absolute atomic E-state index is 2.18. The van der Waals surface area contributed by atoms with E-state index in [1.54, 1.807) is 11.3 Å². The maximum Gasteiger partial charge on any atom is -0.00614 e. The van der Waals surface area contributed by atoms with E-state index in [4.69, 9.17) is 0 Å². The predicted molar refractivity (Wildman–Crippen MR) is 56.4 cm³/mol. The topological polar surface area (TPSA) is 0 Å². The van der Waals surface area contributed by atoms with E-state index in [-0.39, 0.29) is 0 Å². The average molecular weight is 172 g/mol. The highest BCUT2D eigenvalue weighted by Crippen LogP contribution is 2.04. The second kappa shape index (κ2) is 12.4. The molecule has 66 valence electrons. The van der Waals surface area contributed by atoms with Crippen LogP contribution in [-0.2, 0) is 6.42 Å². The zero-order valence-corrected chi connectivity index (χ0v) is 9.16. The fourth-order valence-corrected chi connectivity index (χ4v) is 1.25. The van der Waals surface area contributed by atoms with Gasteiger partial charge in [0.15, 0.2) is 0 Å². The van der Waals surface area contributed by atoms with Crippen LogP contribution in [0.25, 0.3) is 0 Å². The van der Waals surface area contributed by atoms with Gasteiger partial charge in [-0.25, -0.2) is 0 Å². The molecule has 0 nitrogen and oxygen atoms in total. The summed E-state index contributed by atoms with van der Waals surface area (Å²) in [6.07, 6.45) is 1.17. The monoisotopic (exact) mass is 172 g/mol. The van der Waals surface area contributed by atoms with E-state index in [0.29, 0.717) is 0 Å². The van der Waals surface area contributed by atoms with Crippen molar-refractivity contribution in [2.75, 3.05) is 0 Å². The van der Waals surface area contributed by atoms with Crippen molar-refractivity contribution >= 4 is 11.3 Å². The van der Waals surface area contributed by atoms with E-state index >= 15 is 0 Å². The van der Waals surface area contributed by atoms with Gasteiger partial charge in [-0.3, -0.25) is 0 Å². The van der Waals surface area contributed by atoms with E-state index in [1.807, 2.05) is 27.7 Å². The number of hydrogen-bond donors (Lipinski definition) is 0. The van der Waals surface area contributed by atoms with Crippen molar-refractivity contribution in [3.05, 3.63) is 22.4 Å². The lowest BCUT2D eigenvalue weighted by Crippen LogP contribution is -1.66. The SMILES string of the molecule is CC.CC.CCc1ccsc1. The van der Waals surface area contributed by atoms with Crippen molar-refractivity contribution in [2.45, 2.75) is 41.0 Å². The van der Waals surface area contributed by atoms with Gasteiger partial charge in [-0.1, -0.05) is 34.6 Å². The molecule has 0 aliphatic heterocycles.